The summed E-state index contributed by atoms with van der Waals surface area (Å²) < 4.78 is 3.71. The van der Waals surface area contributed by atoms with Crippen LogP contribution in [0.4, 0.5) is 0 Å². The minimum absolute atomic E-state index is 0.167. The Hall–Kier alpha value is -4.04. The summed E-state index contributed by atoms with van der Waals surface area (Å²) in [5.41, 5.74) is 6.82. The Morgan fingerprint density at radius 3 is 2.61 bits per heavy atom. The number of aromatic nitrogens is 4. The van der Waals surface area contributed by atoms with Gasteiger partial charge in [0.2, 0.25) is 5.91 Å². The van der Waals surface area contributed by atoms with Crippen LogP contribution < -0.4 is 5.43 Å². The Morgan fingerprint density at radius 1 is 1.06 bits per heavy atom. The number of carbonyl (C=O) groups excluding carboxylic acids is 1. The number of imidazole rings is 1. The highest BCUT2D eigenvalue weighted by Crippen LogP contribution is 2.22. The Labute approximate surface area is 182 Å². The lowest BCUT2D eigenvalue weighted by molar-refractivity contribution is -0.120. The van der Waals surface area contributed by atoms with E-state index < -0.39 is 0 Å². The van der Waals surface area contributed by atoms with Gasteiger partial charge in [-0.3, -0.25) is 9.20 Å². The number of hydrogen-bond donors (Lipinski definition) is 1. The zero-order chi connectivity index (χ0) is 21.0. The van der Waals surface area contributed by atoms with Crippen molar-refractivity contribution in [2.45, 2.75) is 6.42 Å². The van der Waals surface area contributed by atoms with Gasteiger partial charge in [-0.2, -0.15) is 10.2 Å². The number of fused-ring (bicyclic) bond motifs is 1. The number of nitrogens with zero attached hydrogens (tertiary/aromatic N) is 5. The van der Waals surface area contributed by atoms with E-state index in [4.69, 9.17) is 5.10 Å². The summed E-state index contributed by atoms with van der Waals surface area (Å²) in [4.78, 5) is 17.6. The topological polar surface area (TPSA) is 76.6 Å². The van der Waals surface area contributed by atoms with Gasteiger partial charge in [-0.15, -0.1) is 11.3 Å². The number of nitrogens with one attached hydrogen (secondary N) is 1. The number of para-hydroxylation sites is 1. The lowest BCUT2D eigenvalue weighted by atomic mass is 10.1. The molecule has 0 atom stereocenters. The molecule has 0 aliphatic heterocycles. The van der Waals surface area contributed by atoms with Crippen molar-refractivity contribution in [1.82, 2.24) is 24.6 Å². The number of rotatable bonds is 6. The lowest BCUT2D eigenvalue weighted by Crippen LogP contribution is -2.19. The van der Waals surface area contributed by atoms with Crippen LogP contribution in [0.1, 0.15) is 11.3 Å². The van der Waals surface area contributed by atoms with Crippen LogP contribution in [0.25, 0.3) is 21.9 Å². The van der Waals surface area contributed by atoms with Gasteiger partial charge in [-0.05, 0) is 12.1 Å². The molecule has 3 heterocycles. The first-order chi connectivity index (χ1) is 15.3. The van der Waals surface area contributed by atoms with E-state index >= 15 is 0 Å². The minimum atomic E-state index is -0.223. The van der Waals surface area contributed by atoms with Gasteiger partial charge in [0.05, 0.1) is 24.0 Å². The first-order valence-corrected chi connectivity index (χ1v) is 10.6. The molecule has 31 heavy (non-hydrogen) atoms. The summed E-state index contributed by atoms with van der Waals surface area (Å²) in [6.45, 7) is 0. The zero-order valence-corrected chi connectivity index (χ0v) is 17.2. The van der Waals surface area contributed by atoms with E-state index in [1.165, 1.54) is 11.3 Å². The van der Waals surface area contributed by atoms with E-state index in [9.17, 15) is 4.79 Å². The summed E-state index contributed by atoms with van der Waals surface area (Å²) in [7, 11) is 0. The number of hydrazone groups is 1. The Morgan fingerprint density at radius 2 is 1.84 bits per heavy atom. The van der Waals surface area contributed by atoms with E-state index in [1.807, 2.05) is 93.7 Å². The fourth-order valence-corrected chi connectivity index (χ4v) is 3.97. The largest absolute Gasteiger partial charge is 0.297 e. The maximum Gasteiger partial charge on any atom is 0.246 e. The molecule has 8 heteroatoms. The molecule has 0 bridgehead atoms. The third-order valence-corrected chi connectivity index (χ3v) is 5.46. The molecule has 0 unspecified atom stereocenters. The van der Waals surface area contributed by atoms with E-state index in [0.29, 0.717) is 5.69 Å². The summed E-state index contributed by atoms with van der Waals surface area (Å²) >= 11 is 1.53. The third kappa shape index (κ3) is 4.15. The number of benzene rings is 2. The van der Waals surface area contributed by atoms with E-state index in [1.54, 1.807) is 6.21 Å². The fraction of sp³-hybridized carbons (Fsp3) is 0.0435. The molecule has 7 nitrogen and oxygen atoms in total. The first kappa shape index (κ1) is 19.0. The second kappa shape index (κ2) is 8.37. The van der Waals surface area contributed by atoms with Crippen LogP contribution >= 0.6 is 11.3 Å². The van der Waals surface area contributed by atoms with Gasteiger partial charge >= 0.3 is 0 Å². The number of carbonyl (C=O) groups is 1. The molecular formula is C23H18N6OS. The molecule has 0 saturated carbocycles. The Bertz CT molecular complexity index is 1320. The molecule has 1 N–H and O–H groups in total. The Balaban J connectivity index is 1.35. The van der Waals surface area contributed by atoms with Crippen LogP contribution in [0.15, 0.2) is 89.7 Å². The van der Waals surface area contributed by atoms with E-state index in [0.717, 1.165) is 27.5 Å². The molecule has 2 aromatic carbocycles. The third-order valence-electron chi connectivity index (χ3n) is 4.69. The van der Waals surface area contributed by atoms with Gasteiger partial charge in [-0.1, -0.05) is 48.5 Å². The summed E-state index contributed by atoms with van der Waals surface area (Å²) in [5.74, 6) is -0.223. The number of hydrogen-bond acceptors (Lipinski definition) is 5. The van der Waals surface area contributed by atoms with Crippen molar-refractivity contribution in [1.29, 1.82) is 0 Å². The molecule has 152 valence electrons. The van der Waals surface area contributed by atoms with Gasteiger partial charge in [0.15, 0.2) is 4.96 Å². The molecule has 0 radical (unpaired) electrons. The molecule has 0 fully saturated rings. The van der Waals surface area contributed by atoms with Crippen LogP contribution in [0.3, 0.4) is 0 Å². The van der Waals surface area contributed by atoms with Crippen molar-refractivity contribution in [2.75, 3.05) is 0 Å². The van der Waals surface area contributed by atoms with Crippen LogP contribution in [-0.4, -0.2) is 31.3 Å². The molecule has 0 spiro atoms. The number of amides is 1. The normalized spacial score (nSPS) is 11.4. The summed E-state index contributed by atoms with van der Waals surface area (Å²) in [6.07, 6.45) is 7.46. The lowest BCUT2D eigenvalue weighted by Gasteiger charge is -2.00. The van der Waals surface area contributed by atoms with Crippen LogP contribution in [0.2, 0.25) is 0 Å². The van der Waals surface area contributed by atoms with Crippen LogP contribution in [0.5, 0.6) is 0 Å². The molecule has 0 aliphatic rings. The zero-order valence-electron chi connectivity index (χ0n) is 16.4. The van der Waals surface area contributed by atoms with Gasteiger partial charge in [0, 0.05) is 35.1 Å². The molecule has 5 rings (SSSR count). The Kier molecular flexibility index (Phi) is 5.12. The molecule has 3 aromatic heterocycles. The van der Waals surface area contributed by atoms with Crippen LogP contribution in [0, 0.1) is 0 Å². The van der Waals surface area contributed by atoms with Gasteiger partial charge in [0.25, 0.3) is 0 Å². The first-order valence-electron chi connectivity index (χ1n) is 9.70. The maximum absolute atomic E-state index is 12.3. The predicted octanol–water partition coefficient (Wildman–Crippen LogP) is 3.94. The van der Waals surface area contributed by atoms with Crippen LogP contribution in [-0.2, 0) is 11.2 Å². The van der Waals surface area contributed by atoms with Crippen molar-refractivity contribution in [3.8, 4) is 16.9 Å². The summed E-state index contributed by atoms with van der Waals surface area (Å²) in [5, 5.41) is 10.9. The van der Waals surface area contributed by atoms with Crippen molar-refractivity contribution in [3.63, 3.8) is 0 Å². The monoisotopic (exact) mass is 426 g/mol. The van der Waals surface area contributed by atoms with E-state index in [-0.39, 0.29) is 12.3 Å². The molecule has 5 aromatic rings. The van der Waals surface area contributed by atoms with Crippen molar-refractivity contribution >= 4 is 28.4 Å². The average molecular weight is 427 g/mol. The minimum Gasteiger partial charge on any atom is -0.297 e. The maximum atomic E-state index is 12.3. The van der Waals surface area contributed by atoms with Gasteiger partial charge in [-0.25, -0.2) is 15.1 Å². The number of thiazole rings is 1. The van der Waals surface area contributed by atoms with Crippen molar-refractivity contribution in [2.24, 2.45) is 5.10 Å². The van der Waals surface area contributed by atoms with Crippen molar-refractivity contribution < 1.29 is 4.79 Å². The molecule has 0 saturated heterocycles. The SMILES string of the molecule is O=C(Cc1cn2ccsc2n1)N/N=C/c1cn(-c2ccccc2)nc1-c1ccccc1. The fourth-order valence-electron chi connectivity index (χ4n) is 3.25. The highest BCUT2D eigenvalue weighted by Gasteiger charge is 2.11. The summed E-state index contributed by atoms with van der Waals surface area (Å²) in [6, 6.07) is 19.8. The standard InChI is InChI=1S/C23H18N6OS/c30-21(13-19-16-28-11-12-31-23(28)25-19)26-24-14-18-15-29(20-9-5-2-6-10-20)27-22(18)17-7-3-1-4-8-17/h1-12,14-16H,13H2,(H,26,30)/b24-14+. The molecule has 0 aliphatic carbocycles. The molecular weight excluding hydrogens is 408 g/mol. The molecule has 1 amide bonds. The van der Waals surface area contributed by atoms with Crippen molar-refractivity contribution in [3.05, 3.63) is 95.9 Å². The smallest absolute Gasteiger partial charge is 0.246 e. The highest BCUT2D eigenvalue weighted by molar-refractivity contribution is 7.15. The van der Waals surface area contributed by atoms with Gasteiger partial charge < -0.3 is 0 Å². The average Bonchev–Trinajstić information content (AvgIpc) is 3.50. The second-order valence-electron chi connectivity index (χ2n) is 6.87. The quantitative estimate of drug-likeness (QED) is 0.330. The van der Waals surface area contributed by atoms with E-state index in [2.05, 4.69) is 15.5 Å². The predicted molar refractivity (Wildman–Crippen MR) is 122 cm³/mol. The highest BCUT2D eigenvalue weighted by atomic mass is 32.1. The second-order valence-corrected chi connectivity index (χ2v) is 7.75. The van der Waals surface area contributed by atoms with Gasteiger partial charge in [0.1, 0.15) is 5.69 Å².